The number of hydrogen-bond donors (Lipinski definition) is 1. The van der Waals surface area contributed by atoms with Crippen LogP contribution in [0.3, 0.4) is 0 Å². The molecule has 0 radical (unpaired) electrons. The number of amides is 1. The lowest BCUT2D eigenvalue weighted by Gasteiger charge is -2.37. The van der Waals surface area contributed by atoms with Crippen LogP contribution in [0.1, 0.15) is 31.7 Å². The zero-order valence-corrected chi connectivity index (χ0v) is 14.4. The Kier molecular flexibility index (Phi) is 6.06. The van der Waals surface area contributed by atoms with Gasteiger partial charge in [0.2, 0.25) is 5.91 Å². The van der Waals surface area contributed by atoms with E-state index in [1.807, 2.05) is 25.1 Å². The average molecular weight is 335 g/mol. The summed E-state index contributed by atoms with van der Waals surface area (Å²) >= 11 is 0. The number of likely N-dealkylation sites (tertiary alicyclic amines) is 1. The second kappa shape index (κ2) is 8.04. The van der Waals surface area contributed by atoms with Gasteiger partial charge in [0.15, 0.2) is 0 Å². The Labute approximate surface area is 142 Å². The predicted molar refractivity (Wildman–Crippen MR) is 89.4 cm³/mol. The van der Waals surface area contributed by atoms with Crippen LogP contribution in [0.5, 0.6) is 11.5 Å². The monoisotopic (exact) mass is 335 g/mol. The number of methoxy groups -OCH3 is 2. The Morgan fingerprint density at radius 1 is 1.29 bits per heavy atom. The van der Waals surface area contributed by atoms with Crippen LogP contribution >= 0.6 is 0 Å². The first-order valence-corrected chi connectivity index (χ1v) is 8.21. The van der Waals surface area contributed by atoms with Gasteiger partial charge in [-0.25, -0.2) is 0 Å². The molecule has 1 heterocycles. The largest absolute Gasteiger partial charge is 0.497 e. The number of aliphatic carboxylic acids is 1. The van der Waals surface area contributed by atoms with Gasteiger partial charge in [-0.3, -0.25) is 9.59 Å². The minimum atomic E-state index is -0.825. The molecule has 6 heteroatoms. The number of hydrogen-bond acceptors (Lipinski definition) is 4. The van der Waals surface area contributed by atoms with E-state index in [9.17, 15) is 14.7 Å². The third-order valence-corrected chi connectivity index (χ3v) is 4.72. The summed E-state index contributed by atoms with van der Waals surface area (Å²) in [7, 11) is 3.19. The highest BCUT2D eigenvalue weighted by molar-refractivity contribution is 5.79. The molecule has 1 aliphatic heterocycles. The molecule has 1 aromatic rings. The van der Waals surface area contributed by atoms with Gasteiger partial charge in [-0.2, -0.15) is 0 Å². The number of rotatable bonds is 6. The van der Waals surface area contributed by atoms with Gasteiger partial charge < -0.3 is 19.5 Å². The Balaban J connectivity index is 2.03. The fraction of sp³-hybridized carbons (Fsp3) is 0.556. The molecular weight excluding hydrogens is 310 g/mol. The van der Waals surface area contributed by atoms with Crippen molar-refractivity contribution in [3.05, 3.63) is 23.8 Å². The molecule has 2 atom stereocenters. The molecule has 0 spiro atoms. The molecule has 0 aromatic heterocycles. The Morgan fingerprint density at radius 2 is 2.04 bits per heavy atom. The number of carboxylic acids is 1. The molecule has 1 fully saturated rings. The number of carbonyl (C=O) groups is 2. The lowest BCUT2D eigenvalue weighted by Crippen LogP contribution is -2.49. The average Bonchev–Trinajstić information content (AvgIpc) is 2.59. The fourth-order valence-electron chi connectivity index (χ4n) is 3.29. The first kappa shape index (κ1) is 18.1. The van der Waals surface area contributed by atoms with E-state index in [0.717, 1.165) is 23.5 Å². The van der Waals surface area contributed by atoms with E-state index in [4.69, 9.17) is 9.47 Å². The number of piperidine rings is 1. The third kappa shape index (κ3) is 3.99. The normalized spacial score (nSPS) is 20.5. The van der Waals surface area contributed by atoms with Crippen molar-refractivity contribution in [3.8, 4) is 11.5 Å². The second-order valence-electron chi connectivity index (χ2n) is 6.09. The standard InChI is InChI=1S/C18H25NO5/c1-12-15(18(21)22)5-4-10-19(12)17(20)9-6-13-11-14(23-2)7-8-16(13)24-3/h7-8,11-12,15H,4-6,9-10H2,1-3H3,(H,21,22)/t12-,15-/m0/s1. The summed E-state index contributed by atoms with van der Waals surface area (Å²) in [6.07, 6.45) is 2.21. The quantitative estimate of drug-likeness (QED) is 0.863. The van der Waals surface area contributed by atoms with E-state index in [0.29, 0.717) is 25.8 Å². The van der Waals surface area contributed by atoms with Crippen molar-refractivity contribution in [3.63, 3.8) is 0 Å². The van der Waals surface area contributed by atoms with E-state index < -0.39 is 11.9 Å². The highest BCUT2D eigenvalue weighted by Crippen LogP contribution is 2.27. The van der Waals surface area contributed by atoms with Crippen molar-refractivity contribution in [2.75, 3.05) is 20.8 Å². The molecule has 1 amide bonds. The van der Waals surface area contributed by atoms with Crippen molar-refractivity contribution in [2.45, 2.75) is 38.6 Å². The summed E-state index contributed by atoms with van der Waals surface area (Å²) < 4.78 is 10.6. The maximum Gasteiger partial charge on any atom is 0.308 e. The van der Waals surface area contributed by atoms with Crippen molar-refractivity contribution in [1.82, 2.24) is 4.90 Å². The van der Waals surface area contributed by atoms with Gasteiger partial charge in [-0.05, 0) is 49.9 Å². The maximum absolute atomic E-state index is 12.6. The molecule has 0 bridgehead atoms. The predicted octanol–water partition coefficient (Wildman–Crippen LogP) is 2.35. The van der Waals surface area contributed by atoms with Crippen molar-refractivity contribution >= 4 is 11.9 Å². The van der Waals surface area contributed by atoms with Crippen LogP contribution in [0, 0.1) is 5.92 Å². The summed E-state index contributed by atoms with van der Waals surface area (Å²) in [4.78, 5) is 25.6. The van der Waals surface area contributed by atoms with Gasteiger partial charge in [0.25, 0.3) is 0 Å². The molecule has 0 aliphatic carbocycles. The van der Waals surface area contributed by atoms with Crippen LogP contribution in [0.4, 0.5) is 0 Å². The van der Waals surface area contributed by atoms with E-state index >= 15 is 0 Å². The van der Waals surface area contributed by atoms with Gasteiger partial charge >= 0.3 is 5.97 Å². The van der Waals surface area contributed by atoms with Gasteiger partial charge in [0, 0.05) is 19.0 Å². The van der Waals surface area contributed by atoms with Crippen molar-refractivity contribution in [2.24, 2.45) is 5.92 Å². The van der Waals surface area contributed by atoms with Crippen molar-refractivity contribution < 1.29 is 24.2 Å². The van der Waals surface area contributed by atoms with Gasteiger partial charge in [-0.1, -0.05) is 0 Å². The summed E-state index contributed by atoms with van der Waals surface area (Å²) in [5, 5.41) is 9.27. The van der Waals surface area contributed by atoms with Crippen LogP contribution in [-0.2, 0) is 16.0 Å². The summed E-state index contributed by atoms with van der Waals surface area (Å²) in [5.41, 5.74) is 0.907. The zero-order valence-electron chi connectivity index (χ0n) is 14.4. The van der Waals surface area contributed by atoms with Crippen LogP contribution < -0.4 is 9.47 Å². The van der Waals surface area contributed by atoms with Crippen LogP contribution in [0.2, 0.25) is 0 Å². The molecule has 1 N–H and O–H groups in total. The number of ether oxygens (including phenoxy) is 2. The fourth-order valence-corrected chi connectivity index (χ4v) is 3.29. The number of carbonyl (C=O) groups excluding carboxylic acids is 1. The topological polar surface area (TPSA) is 76.1 Å². The molecule has 6 nitrogen and oxygen atoms in total. The zero-order chi connectivity index (χ0) is 17.7. The molecule has 1 aromatic carbocycles. The minimum Gasteiger partial charge on any atom is -0.497 e. The number of carboxylic acid groups (broad SMARTS) is 1. The molecule has 1 saturated heterocycles. The second-order valence-corrected chi connectivity index (χ2v) is 6.09. The number of benzene rings is 1. The Hall–Kier alpha value is -2.24. The van der Waals surface area contributed by atoms with E-state index in [1.165, 1.54) is 0 Å². The molecule has 1 aliphatic rings. The lowest BCUT2D eigenvalue weighted by atomic mass is 9.90. The highest BCUT2D eigenvalue weighted by atomic mass is 16.5. The number of aryl methyl sites for hydroxylation is 1. The summed E-state index contributed by atoms with van der Waals surface area (Å²) in [6.45, 7) is 2.45. The van der Waals surface area contributed by atoms with Crippen LogP contribution in [0.15, 0.2) is 18.2 Å². The van der Waals surface area contributed by atoms with Gasteiger partial charge in [0.05, 0.1) is 20.1 Å². The molecule has 132 valence electrons. The third-order valence-electron chi connectivity index (χ3n) is 4.72. The van der Waals surface area contributed by atoms with Crippen LogP contribution in [-0.4, -0.2) is 48.7 Å². The smallest absolute Gasteiger partial charge is 0.308 e. The highest BCUT2D eigenvalue weighted by Gasteiger charge is 2.35. The van der Waals surface area contributed by atoms with Crippen LogP contribution in [0.25, 0.3) is 0 Å². The first-order valence-electron chi connectivity index (χ1n) is 8.21. The van der Waals surface area contributed by atoms with Gasteiger partial charge in [-0.15, -0.1) is 0 Å². The minimum absolute atomic E-state index is 0.0154. The SMILES string of the molecule is COc1ccc(OC)c(CCC(=O)N2CCC[C@H](C(=O)O)[C@@H]2C)c1. The number of nitrogens with zero attached hydrogens (tertiary/aromatic N) is 1. The Morgan fingerprint density at radius 3 is 2.67 bits per heavy atom. The molecule has 0 saturated carbocycles. The molecular formula is C18H25NO5. The summed E-state index contributed by atoms with van der Waals surface area (Å²) in [6, 6.07) is 5.24. The molecule has 0 unspecified atom stereocenters. The Bertz CT molecular complexity index is 601. The van der Waals surface area contributed by atoms with E-state index in [-0.39, 0.29) is 11.9 Å². The first-order chi connectivity index (χ1) is 11.5. The lowest BCUT2D eigenvalue weighted by molar-refractivity contribution is -0.149. The van der Waals surface area contributed by atoms with E-state index in [1.54, 1.807) is 19.1 Å². The molecule has 24 heavy (non-hydrogen) atoms. The maximum atomic E-state index is 12.6. The van der Waals surface area contributed by atoms with E-state index in [2.05, 4.69) is 0 Å². The van der Waals surface area contributed by atoms with Gasteiger partial charge in [0.1, 0.15) is 11.5 Å². The van der Waals surface area contributed by atoms with Crippen molar-refractivity contribution in [1.29, 1.82) is 0 Å². The molecule has 2 rings (SSSR count). The summed E-state index contributed by atoms with van der Waals surface area (Å²) in [5.74, 6) is 0.121.